The van der Waals surface area contributed by atoms with Gasteiger partial charge in [0, 0.05) is 5.56 Å². The molecule has 0 aliphatic heterocycles. The highest BCUT2D eigenvalue weighted by atomic mass is 16.5. The fraction of sp³-hybridized carbons (Fsp3) is 0.100. The molecule has 4 N–H and O–H groups in total. The van der Waals surface area contributed by atoms with E-state index in [1.165, 1.54) is 7.11 Å². The number of anilines is 1. The number of carbonyl (C=O) groups excluding carboxylic acids is 1. The topological polar surface area (TPSA) is 117 Å². The first-order valence-electron chi connectivity index (χ1n) is 4.69. The lowest BCUT2D eigenvalue weighted by molar-refractivity contribution is 0.0987. The van der Waals surface area contributed by atoms with Gasteiger partial charge >= 0.3 is 0 Å². The number of hydrogen-bond acceptors (Lipinski definition) is 6. The number of ether oxygens (including phenoxy) is 1. The average Bonchev–Trinajstić information content (AvgIpc) is 2.78. The fourth-order valence-electron chi connectivity index (χ4n) is 1.31. The monoisotopic (exact) mass is 234 g/mol. The third-order valence-electron chi connectivity index (χ3n) is 2.12. The van der Waals surface area contributed by atoms with Crippen LogP contribution in [0.25, 0.3) is 11.5 Å². The van der Waals surface area contributed by atoms with Gasteiger partial charge in [-0.05, 0) is 18.2 Å². The third-order valence-corrected chi connectivity index (χ3v) is 2.12. The minimum atomic E-state index is -0.749. The van der Waals surface area contributed by atoms with Crippen molar-refractivity contribution in [3.8, 4) is 17.2 Å². The van der Waals surface area contributed by atoms with Crippen molar-refractivity contribution in [2.75, 3.05) is 12.8 Å². The van der Waals surface area contributed by atoms with Crippen molar-refractivity contribution < 1.29 is 14.1 Å². The Morgan fingerprint density at radius 3 is 2.76 bits per heavy atom. The summed E-state index contributed by atoms with van der Waals surface area (Å²) in [6.07, 6.45) is 0. The molecule has 88 valence electrons. The number of rotatable bonds is 3. The molecular formula is C10H10N4O3. The summed E-state index contributed by atoms with van der Waals surface area (Å²) in [5.41, 5.74) is 11.8. The van der Waals surface area contributed by atoms with Gasteiger partial charge in [0.2, 0.25) is 0 Å². The molecule has 7 heteroatoms. The first-order valence-corrected chi connectivity index (χ1v) is 4.69. The normalized spacial score (nSPS) is 10.2. The molecule has 17 heavy (non-hydrogen) atoms. The number of amides is 1. The van der Waals surface area contributed by atoms with Crippen molar-refractivity contribution in [2.45, 2.75) is 0 Å². The highest BCUT2D eigenvalue weighted by Crippen LogP contribution is 2.27. The SMILES string of the molecule is COc1ccc(-c2nc(C(N)=O)no2)cc1N. The molecule has 0 aliphatic rings. The zero-order chi connectivity index (χ0) is 12.4. The molecule has 0 spiro atoms. The van der Waals surface area contributed by atoms with E-state index in [4.69, 9.17) is 20.7 Å². The summed E-state index contributed by atoms with van der Waals surface area (Å²) in [4.78, 5) is 14.6. The minimum absolute atomic E-state index is 0.172. The van der Waals surface area contributed by atoms with Crippen molar-refractivity contribution in [3.63, 3.8) is 0 Å². The largest absolute Gasteiger partial charge is 0.495 e. The van der Waals surface area contributed by atoms with Gasteiger partial charge in [0.1, 0.15) is 5.75 Å². The lowest BCUT2D eigenvalue weighted by atomic mass is 10.2. The first-order chi connectivity index (χ1) is 8.11. The lowest BCUT2D eigenvalue weighted by Gasteiger charge is -2.04. The maximum absolute atomic E-state index is 10.8. The Hall–Kier alpha value is -2.57. The van der Waals surface area contributed by atoms with Crippen molar-refractivity contribution in [2.24, 2.45) is 5.73 Å². The zero-order valence-electron chi connectivity index (χ0n) is 9.01. The molecule has 0 unspecified atom stereocenters. The Balaban J connectivity index is 2.39. The fourth-order valence-corrected chi connectivity index (χ4v) is 1.31. The smallest absolute Gasteiger partial charge is 0.290 e. The van der Waals surface area contributed by atoms with Crippen LogP contribution in [0.3, 0.4) is 0 Å². The van der Waals surface area contributed by atoms with E-state index in [1.807, 2.05) is 0 Å². The first kappa shape index (κ1) is 10.9. The maximum atomic E-state index is 10.8. The predicted molar refractivity (Wildman–Crippen MR) is 59.2 cm³/mol. The molecule has 1 aromatic carbocycles. The van der Waals surface area contributed by atoms with Crippen LogP contribution < -0.4 is 16.2 Å². The summed E-state index contributed by atoms with van der Waals surface area (Å²) in [6, 6.07) is 4.96. The van der Waals surface area contributed by atoms with Crippen LogP contribution in [-0.2, 0) is 0 Å². The molecule has 1 amide bonds. The predicted octanol–water partition coefficient (Wildman–Crippen LogP) is 0.426. The number of aromatic nitrogens is 2. The van der Waals surface area contributed by atoms with Gasteiger partial charge in [0.15, 0.2) is 0 Å². The van der Waals surface area contributed by atoms with Crippen molar-refractivity contribution in [1.29, 1.82) is 0 Å². The second-order valence-corrected chi connectivity index (χ2v) is 3.24. The van der Waals surface area contributed by atoms with Gasteiger partial charge < -0.3 is 20.7 Å². The van der Waals surface area contributed by atoms with E-state index in [-0.39, 0.29) is 11.7 Å². The number of carbonyl (C=O) groups is 1. The Bertz CT molecular complexity index is 564. The number of hydrogen-bond donors (Lipinski definition) is 2. The van der Waals surface area contributed by atoms with Gasteiger partial charge in [0.25, 0.3) is 17.6 Å². The number of nitrogens with two attached hydrogens (primary N) is 2. The summed E-state index contributed by atoms with van der Waals surface area (Å²) < 4.78 is 9.90. The number of benzene rings is 1. The summed E-state index contributed by atoms with van der Waals surface area (Å²) in [6.45, 7) is 0. The molecule has 0 bridgehead atoms. The third kappa shape index (κ3) is 2.03. The van der Waals surface area contributed by atoms with Crippen molar-refractivity contribution in [1.82, 2.24) is 10.1 Å². The number of nitrogen functional groups attached to an aromatic ring is 1. The van der Waals surface area contributed by atoms with E-state index in [0.717, 1.165) is 0 Å². The van der Waals surface area contributed by atoms with Gasteiger partial charge in [-0.25, -0.2) is 0 Å². The highest BCUT2D eigenvalue weighted by molar-refractivity contribution is 5.89. The lowest BCUT2D eigenvalue weighted by Crippen LogP contribution is -2.12. The molecule has 0 radical (unpaired) electrons. The zero-order valence-corrected chi connectivity index (χ0v) is 9.01. The van der Waals surface area contributed by atoms with Crippen LogP contribution in [0.1, 0.15) is 10.6 Å². The number of nitrogens with zero attached hydrogens (tertiary/aromatic N) is 2. The molecule has 2 aromatic rings. The molecule has 7 nitrogen and oxygen atoms in total. The van der Waals surface area contributed by atoms with Crippen LogP contribution in [0.4, 0.5) is 5.69 Å². The summed E-state index contributed by atoms with van der Waals surface area (Å²) in [7, 11) is 1.52. The van der Waals surface area contributed by atoms with Crippen LogP contribution in [-0.4, -0.2) is 23.2 Å². The maximum Gasteiger partial charge on any atom is 0.290 e. The highest BCUT2D eigenvalue weighted by Gasteiger charge is 2.13. The second kappa shape index (κ2) is 4.12. The summed E-state index contributed by atoms with van der Waals surface area (Å²) >= 11 is 0. The Morgan fingerprint density at radius 1 is 1.47 bits per heavy atom. The number of primary amides is 1. The van der Waals surface area contributed by atoms with E-state index >= 15 is 0 Å². The molecule has 0 atom stereocenters. The van der Waals surface area contributed by atoms with Gasteiger partial charge in [-0.3, -0.25) is 4.79 Å². The van der Waals surface area contributed by atoms with Crippen molar-refractivity contribution in [3.05, 3.63) is 24.0 Å². The van der Waals surface area contributed by atoms with E-state index in [1.54, 1.807) is 18.2 Å². The average molecular weight is 234 g/mol. The Labute approximate surface area is 96.4 Å². The summed E-state index contributed by atoms with van der Waals surface area (Å²) in [5, 5.41) is 3.43. The van der Waals surface area contributed by atoms with E-state index in [2.05, 4.69) is 10.1 Å². The Kier molecular flexibility index (Phi) is 2.65. The molecule has 1 heterocycles. The van der Waals surface area contributed by atoms with Gasteiger partial charge in [-0.2, -0.15) is 4.98 Å². The molecule has 1 aromatic heterocycles. The van der Waals surface area contributed by atoms with Crippen LogP contribution in [0.5, 0.6) is 5.75 Å². The van der Waals surface area contributed by atoms with Gasteiger partial charge in [0.05, 0.1) is 12.8 Å². The molecule has 2 rings (SSSR count). The Morgan fingerprint density at radius 2 is 2.24 bits per heavy atom. The van der Waals surface area contributed by atoms with Gasteiger partial charge in [-0.1, -0.05) is 5.16 Å². The molecular weight excluding hydrogens is 224 g/mol. The summed E-state index contributed by atoms with van der Waals surface area (Å²) in [5.74, 6) is -0.201. The van der Waals surface area contributed by atoms with Gasteiger partial charge in [-0.15, -0.1) is 0 Å². The molecule has 0 saturated carbocycles. The van der Waals surface area contributed by atoms with E-state index in [0.29, 0.717) is 17.0 Å². The van der Waals surface area contributed by atoms with Crippen LogP contribution in [0.15, 0.2) is 22.7 Å². The molecule has 0 saturated heterocycles. The molecule has 0 aliphatic carbocycles. The van der Waals surface area contributed by atoms with Crippen LogP contribution in [0.2, 0.25) is 0 Å². The van der Waals surface area contributed by atoms with Crippen LogP contribution in [0, 0.1) is 0 Å². The number of methoxy groups -OCH3 is 1. The standard InChI is InChI=1S/C10H10N4O3/c1-16-7-3-2-5(4-6(7)11)10-13-9(8(12)15)14-17-10/h2-4H,11H2,1H3,(H2,12,15). The van der Waals surface area contributed by atoms with Crippen molar-refractivity contribution >= 4 is 11.6 Å². The quantitative estimate of drug-likeness (QED) is 0.743. The molecule has 0 fully saturated rings. The minimum Gasteiger partial charge on any atom is -0.495 e. The second-order valence-electron chi connectivity index (χ2n) is 3.24. The van der Waals surface area contributed by atoms with E-state index < -0.39 is 5.91 Å². The van der Waals surface area contributed by atoms with Crippen LogP contribution >= 0.6 is 0 Å². The van der Waals surface area contributed by atoms with E-state index in [9.17, 15) is 4.79 Å².